The molecule has 2 aromatic rings. The van der Waals surface area contributed by atoms with Gasteiger partial charge < -0.3 is 8.92 Å². The first-order chi connectivity index (χ1) is 15.1. The molecule has 0 saturated heterocycles. The Morgan fingerprint density at radius 2 is 1.58 bits per heavy atom. The number of ketones is 1. The molecule has 0 amide bonds. The average Bonchev–Trinajstić information content (AvgIpc) is 2.68. The number of aryl methyl sites for hydroxylation is 1. The Kier molecular flexibility index (Phi) is 8.12. The van der Waals surface area contributed by atoms with Crippen LogP contribution in [0.4, 0.5) is 13.2 Å². The van der Waals surface area contributed by atoms with E-state index in [1.165, 1.54) is 19.1 Å². The lowest BCUT2D eigenvalue weighted by atomic mass is 9.88. The largest absolute Gasteiger partial charge is 0.534 e. The molecule has 2 aromatic carbocycles. The van der Waals surface area contributed by atoms with Crippen LogP contribution in [0.25, 0.3) is 0 Å². The normalized spacial score (nSPS) is 13.5. The first-order valence-electron chi connectivity index (χ1n) is 10.1. The Bertz CT molecular complexity index is 1120. The molecular formula is C23H26ClF3O5S. The number of Topliss-reactive ketones (excluding diaryl/α,β-unsaturated/α-hetero) is 1. The molecule has 0 N–H and O–H groups in total. The topological polar surface area (TPSA) is 69.7 Å². The Labute approximate surface area is 197 Å². The maximum Gasteiger partial charge on any atom is 0.534 e. The van der Waals surface area contributed by atoms with Crippen molar-refractivity contribution in [3.8, 4) is 11.5 Å². The molecular weight excluding hydrogens is 481 g/mol. The fraction of sp³-hybridized carbons (Fsp3) is 0.435. The van der Waals surface area contributed by atoms with Crippen LogP contribution in [0.15, 0.2) is 36.4 Å². The molecule has 0 aromatic heterocycles. The number of hydrogen-bond acceptors (Lipinski definition) is 5. The second-order valence-electron chi connectivity index (χ2n) is 8.62. The zero-order valence-electron chi connectivity index (χ0n) is 18.9. The summed E-state index contributed by atoms with van der Waals surface area (Å²) >= 11 is 6.36. The zero-order valence-corrected chi connectivity index (χ0v) is 20.5. The molecule has 33 heavy (non-hydrogen) atoms. The predicted molar refractivity (Wildman–Crippen MR) is 120 cm³/mol. The molecule has 2 rings (SSSR count). The number of ether oxygens (including phenoxy) is 1. The van der Waals surface area contributed by atoms with Crippen LogP contribution >= 0.6 is 11.6 Å². The fourth-order valence-corrected chi connectivity index (χ4v) is 3.78. The minimum Gasteiger partial charge on any atom is -0.484 e. The third-order valence-electron chi connectivity index (χ3n) is 5.05. The summed E-state index contributed by atoms with van der Waals surface area (Å²) in [5.41, 5.74) is -4.23. The monoisotopic (exact) mass is 506 g/mol. The molecule has 1 unspecified atom stereocenters. The van der Waals surface area contributed by atoms with Gasteiger partial charge >= 0.3 is 15.6 Å². The van der Waals surface area contributed by atoms with Gasteiger partial charge in [0, 0.05) is 11.3 Å². The van der Waals surface area contributed by atoms with E-state index in [1.54, 1.807) is 45.0 Å². The van der Waals surface area contributed by atoms with Gasteiger partial charge in [0.25, 0.3) is 0 Å². The molecule has 0 aliphatic heterocycles. The van der Waals surface area contributed by atoms with Crippen LogP contribution in [0.3, 0.4) is 0 Å². The molecule has 5 nitrogen and oxygen atoms in total. The van der Waals surface area contributed by atoms with E-state index in [1.807, 2.05) is 6.92 Å². The quantitative estimate of drug-likeness (QED) is 0.305. The van der Waals surface area contributed by atoms with Crippen molar-refractivity contribution in [1.82, 2.24) is 0 Å². The van der Waals surface area contributed by atoms with Crippen molar-refractivity contribution >= 4 is 27.5 Å². The zero-order chi connectivity index (χ0) is 25.2. The van der Waals surface area contributed by atoms with Crippen LogP contribution < -0.4 is 8.92 Å². The summed E-state index contributed by atoms with van der Waals surface area (Å²) in [5.74, 6) is -0.263. The van der Waals surface area contributed by atoms with Gasteiger partial charge in [0.1, 0.15) is 18.1 Å². The van der Waals surface area contributed by atoms with Crippen molar-refractivity contribution in [2.75, 3.05) is 6.61 Å². The van der Waals surface area contributed by atoms with Crippen molar-refractivity contribution < 1.29 is 35.3 Å². The van der Waals surface area contributed by atoms with Crippen LogP contribution in [0.5, 0.6) is 11.5 Å². The van der Waals surface area contributed by atoms with Crippen LogP contribution in [0.1, 0.15) is 56.7 Å². The number of rotatable bonds is 8. The van der Waals surface area contributed by atoms with E-state index < -0.39 is 26.8 Å². The third-order valence-corrected chi connectivity index (χ3v) is 6.31. The number of benzene rings is 2. The summed E-state index contributed by atoms with van der Waals surface area (Å²) < 4.78 is 70.2. The maximum atomic E-state index is 12.6. The maximum absolute atomic E-state index is 12.6. The van der Waals surface area contributed by atoms with E-state index >= 15 is 0 Å². The minimum atomic E-state index is -5.75. The summed E-state index contributed by atoms with van der Waals surface area (Å²) in [4.78, 5) is 12.1. The van der Waals surface area contributed by atoms with Crippen molar-refractivity contribution in [3.63, 3.8) is 0 Å². The highest BCUT2D eigenvalue weighted by Crippen LogP contribution is 2.36. The molecule has 0 bridgehead atoms. The lowest BCUT2D eigenvalue weighted by Gasteiger charge is -2.20. The molecule has 0 spiro atoms. The number of carbonyl (C=O) groups excluding carboxylic acids is 1. The molecule has 1 atom stereocenters. The molecule has 0 saturated carbocycles. The standard InChI is InChI=1S/C23H26ClF3O5S/c1-6-17(15-7-9-19(14(2)11-15)32-33(29,30)23(25,26)27)16-8-10-20(18(24)12-16)31-13-21(28)22(3,4)5/h7-12,17H,6,13H2,1-5H3. The van der Waals surface area contributed by atoms with Crippen LogP contribution in [-0.4, -0.2) is 26.3 Å². The lowest BCUT2D eigenvalue weighted by molar-refractivity contribution is -0.128. The van der Waals surface area contributed by atoms with Gasteiger partial charge in [-0.2, -0.15) is 21.6 Å². The van der Waals surface area contributed by atoms with Crippen LogP contribution in [0.2, 0.25) is 5.02 Å². The molecule has 182 valence electrons. The lowest BCUT2D eigenvalue weighted by Crippen LogP contribution is -2.28. The first kappa shape index (κ1) is 27.0. The number of alkyl halides is 3. The minimum absolute atomic E-state index is 0.0700. The van der Waals surface area contributed by atoms with Gasteiger partial charge in [-0.05, 0) is 48.2 Å². The van der Waals surface area contributed by atoms with Gasteiger partial charge in [0.15, 0.2) is 5.78 Å². The molecule has 0 fully saturated rings. The van der Waals surface area contributed by atoms with Gasteiger partial charge in [-0.1, -0.05) is 57.5 Å². The van der Waals surface area contributed by atoms with E-state index in [0.29, 0.717) is 17.2 Å². The molecule has 0 radical (unpaired) electrons. The molecule has 0 heterocycles. The Balaban J connectivity index is 2.25. The number of hydrogen-bond donors (Lipinski definition) is 0. The molecule has 0 aliphatic carbocycles. The van der Waals surface area contributed by atoms with Crippen LogP contribution in [-0.2, 0) is 14.9 Å². The average molecular weight is 507 g/mol. The summed E-state index contributed by atoms with van der Waals surface area (Å²) in [6, 6.07) is 9.47. The van der Waals surface area contributed by atoms with E-state index in [-0.39, 0.29) is 23.9 Å². The first-order valence-corrected chi connectivity index (χ1v) is 11.9. The second kappa shape index (κ2) is 9.93. The van der Waals surface area contributed by atoms with Crippen LogP contribution in [0, 0.1) is 12.3 Å². The van der Waals surface area contributed by atoms with Crippen molar-refractivity contribution in [1.29, 1.82) is 0 Å². The summed E-state index contributed by atoms with van der Waals surface area (Å²) in [7, 11) is -5.75. The fourth-order valence-electron chi connectivity index (χ4n) is 3.02. The molecule has 10 heteroatoms. The van der Waals surface area contributed by atoms with Gasteiger partial charge in [-0.25, -0.2) is 0 Å². The smallest absolute Gasteiger partial charge is 0.484 e. The highest BCUT2D eigenvalue weighted by Gasteiger charge is 2.48. The Hall–Kier alpha value is -2.26. The predicted octanol–water partition coefficient (Wildman–Crippen LogP) is 6.41. The number of halogens is 4. The molecule has 0 aliphatic rings. The summed E-state index contributed by atoms with van der Waals surface area (Å²) in [6.07, 6.45) is 0.638. The van der Waals surface area contributed by atoms with Crippen molar-refractivity contribution in [2.45, 2.75) is 52.5 Å². The van der Waals surface area contributed by atoms with Crippen molar-refractivity contribution in [2.24, 2.45) is 5.41 Å². The highest BCUT2D eigenvalue weighted by molar-refractivity contribution is 7.88. The second-order valence-corrected chi connectivity index (χ2v) is 10.6. The summed E-state index contributed by atoms with van der Waals surface area (Å²) in [6.45, 7) is 8.68. The SMILES string of the molecule is CCC(c1ccc(OS(=O)(=O)C(F)(F)F)c(C)c1)c1ccc(OCC(=O)C(C)(C)C)c(Cl)c1. The van der Waals surface area contributed by atoms with Gasteiger partial charge in [0.05, 0.1) is 5.02 Å². The van der Waals surface area contributed by atoms with Gasteiger partial charge in [0.2, 0.25) is 0 Å². The third kappa shape index (κ3) is 6.63. The Morgan fingerprint density at radius 1 is 1.03 bits per heavy atom. The number of carbonyl (C=O) groups is 1. The Morgan fingerprint density at radius 3 is 2.03 bits per heavy atom. The van der Waals surface area contributed by atoms with Gasteiger partial charge in [-0.3, -0.25) is 4.79 Å². The van der Waals surface area contributed by atoms with Gasteiger partial charge in [-0.15, -0.1) is 0 Å². The highest BCUT2D eigenvalue weighted by atomic mass is 35.5. The van der Waals surface area contributed by atoms with Crippen molar-refractivity contribution in [3.05, 3.63) is 58.1 Å². The van der Waals surface area contributed by atoms with E-state index in [2.05, 4.69) is 4.18 Å². The van der Waals surface area contributed by atoms with E-state index in [9.17, 15) is 26.4 Å². The van der Waals surface area contributed by atoms with E-state index in [0.717, 1.165) is 11.1 Å². The summed E-state index contributed by atoms with van der Waals surface area (Å²) in [5, 5.41) is 0.320. The van der Waals surface area contributed by atoms with E-state index in [4.69, 9.17) is 16.3 Å².